The summed E-state index contributed by atoms with van der Waals surface area (Å²) in [5, 5.41) is 0. The van der Waals surface area contributed by atoms with Crippen LogP contribution in [-0.4, -0.2) is 0 Å². The molecule has 0 bridgehead atoms. The minimum absolute atomic E-state index is 0. The molecule has 0 radical (unpaired) electrons. The average Bonchev–Trinajstić information content (AvgIpc) is 2.04. The SMILES string of the molecule is CC(C)C[C@@](C)(N)c1ccccc1.Cl. The van der Waals surface area contributed by atoms with Crippen LogP contribution in [0, 0.1) is 5.92 Å². The van der Waals surface area contributed by atoms with Crippen molar-refractivity contribution in [2.75, 3.05) is 0 Å². The van der Waals surface area contributed by atoms with Gasteiger partial charge in [0.05, 0.1) is 0 Å². The van der Waals surface area contributed by atoms with E-state index in [1.807, 2.05) is 18.2 Å². The predicted octanol–water partition coefficient (Wildman–Crippen LogP) is 3.33. The number of benzene rings is 1. The van der Waals surface area contributed by atoms with Gasteiger partial charge in [0.15, 0.2) is 0 Å². The lowest BCUT2D eigenvalue weighted by atomic mass is 9.85. The second-order valence-electron chi connectivity index (χ2n) is 4.38. The van der Waals surface area contributed by atoms with Crippen molar-refractivity contribution in [3.8, 4) is 0 Å². The Morgan fingerprint density at radius 2 is 1.71 bits per heavy atom. The first kappa shape index (κ1) is 13.5. The van der Waals surface area contributed by atoms with Crippen LogP contribution in [0.2, 0.25) is 0 Å². The molecular weight excluding hydrogens is 194 g/mol. The molecule has 0 saturated carbocycles. The highest BCUT2D eigenvalue weighted by molar-refractivity contribution is 5.85. The second-order valence-corrected chi connectivity index (χ2v) is 4.38. The van der Waals surface area contributed by atoms with Crippen molar-refractivity contribution in [3.63, 3.8) is 0 Å². The van der Waals surface area contributed by atoms with Gasteiger partial charge in [-0.1, -0.05) is 44.2 Å². The van der Waals surface area contributed by atoms with E-state index in [4.69, 9.17) is 5.73 Å². The van der Waals surface area contributed by atoms with Gasteiger partial charge < -0.3 is 5.73 Å². The van der Waals surface area contributed by atoms with E-state index in [1.54, 1.807) is 0 Å². The van der Waals surface area contributed by atoms with Gasteiger partial charge >= 0.3 is 0 Å². The standard InChI is InChI=1S/C12H19N.ClH/c1-10(2)9-12(3,13)11-7-5-4-6-8-11;/h4-8,10H,9,13H2,1-3H3;1H/t12-;/m1./s1. The van der Waals surface area contributed by atoms with Gasteiger partial charge in [0.1, 0.15) is 0 Å². The van der Waals surface area contributed by atoms with Gasteiger partial charge in [0.25, 0.3) is 0 Å². The Labute approximate surface area is 93.1 Å². The molecule has 0 heterocycles. The zero-order chi connectivity index (χ0) is 9.90. The minimum Gasteiger partial charge on any atom is -0.322 e. The number of hydrogen-bond acceptors (Lipinski definition) is 1. The third-order valence-corrected chi connectivity index (χ3v) is 2.27. The molecule has 1 aromatic rings. The smallest absolute Gasteiger partial charge is 0.0383 e. The van der Waals surface area contributed by atoms with Crippen molar-refractivity contribution in [1.82, 2.24) is 0 Å². The molecule has 0 aromatic heterocycles. The lowest BCUT2D eigenvalue weighted by molar-refractivity contribution is 0.380. The summed E-state index contributed by atoms with van der Waals surface area (Å²) in [5.41, 5.74) is 7.28. The van der Waals surface area contributed by atoms with Crippen molar-refractivity contribution < 1.29 is 0 Å². The van der Waals surface area contributed by atoms with E-state index in [0.717, 1.165) is 6.42 Å². The van der Waals surface area contributed by atoms with E-state index >= 15 is 0 Å². The summed E-state index contributed by atoms with van der Waals surface area (Å²) in [5.74, 6) is 0.634. The summed E-state index contributed by atoms with van der Waals surface area (Å²) in [6, 6.07) is 10.3. The molecule has 0 aliphatic rings. The van der Waals surface area contributed by atoms with Gasteiger partial charge in [-0.15, -0.1) is 12.4 Å². The van der Waals surface area contributed by atoms with E-state index in [9.17, 15) is 0 Å². The maximum atomic E-state index is 6.24. The first-order valence-electron chi connectivity index (χ1n) is 4.87. The maximum Gasteiger partial charge on any atom is 0.0383 e. The van der Waals surface area contributed by atoms with Gasteiger partial charge in [-0.05, 0) is 24.8 Å². The molecule has 1 aromatic carbocycles. The molecule has 14 heavy (non-hydrogen) atoms. The van der Waals surface area contributed by atoms with E-state index in [0.29, 0.717) is 5.92 Å². The molecular formula is C12H20ClN. The van der Waals surface area contributed by atoms with Gasteiger partial charge in [0.2, 0.25) is 0 Å². The summed E-state index contributed by atoms with van der Waals surface area (Å²) in [7, 11) is 0. The number of nitrogens with two attached hydrogens (primary N) is 1. The first-order valence-corrected chi connectivity index (χ1v) is 4.87. The normalized spacial score (nSPS) is 14.6. The molecule has 80 valence electrons. The highest BCUT2D eigenvalue weighted by Crippen LogP contribution is 2.24. The molecule has 1 nitrogen and oxygen atoms in total. The summed E-state index contributed by atoms with van der Waals surface area (Å²) in [6.07, 6.45) is 1.02. The Hall–Kier alpha value is -0.530. The van der Waals surface area contributed by atoms with Crippen molar-refractivity contribution in [2.24, 2.45) is 11.7 Å². The Bertz CT molecular complexity index is 254. The lowest BCUT2D eigenvalue weighted by Crippen LogP contribution is -2.34. The number of hydrogen-bond donors (Lipinski definition) is 1. The molecule has 2 N–H and O–H groups in total. The minimum atomic E-state index is -0.185. The molecule has 0 aliphatic heterocycles. The van der Waals surface area contributed by atoms with Crippen LogP contribution in [0.15, 0.2) is 30.3 Å². The van der Waals surface area contributed by atoms with Crippen molar-refractivity contribution >= 4 is 12.4 Å². The quantitative estimate of drug-likeness (QED) is 0.819. The fourth-order valence-electron chi connectivity index (χ4n) is 1.78. The third kappa shape index (κ3) is 3.69. The van der Waals surface area contributed by atoms with Crippen LogP contribution in [0.5, 0.6) is 0 Å². The molecule has 0 aliphatic carbocycles. The maximum absolute atomic E-state index is 6.24. The van der Waals surface area contributed by atoms with Gasteiger partial charge in [-0.2, -0.15) is 0 Å². The van der Waals surface area contributed by atoms with Crippen LogP contribution in [0.3, 0.4) is 0 Å². The largest absolute Gasteiger partial charge is 0.322 e. The highest BCUT2D eigenvalue weighted by Gasteiger charge is 2.21. The molecule has 0 unspecified atom stereocenters. The van der Waals surface area contributed by atoms with E-state index in [2.05, 4.69) is 32.9 Å². The van der Waals surface area contributed by atoms with Crippen LogP contribution < -0.4 is 5.73 Å². The van der Waals surface area contributed by atoms with Gasteiger partial charge in [-0.25, -0.2) is 0 Å². The van der Waals surface area contributed by atoms with E-state index in [1.165, 1.54) is 5.56 Å². The Balaban J connectivity index is 0.00000169. The van der Waals surface area contributed by atoms with E-state index in [-0.39, 0.29) is 17.9 Å². The summed E-state index contributed by atoms with van der Waals surface area (Å²) >= 11 is 0. The Kier molecular flexibility index (Phi) is 5.17. The number of rotatable bonds is 3. The average molecular weight is 214 g/mol. The van der Waals surface area contributed by atoms with Crippen molar-refractivity contribution in [1.29, 1.82) is 0 Å². The Morgan fingerprint density at radius 1 is 1.21 bits per heavy atom. The fraction of sp³-hybridized carbons (Fsp3) is 0.500. The predicted molar refractivity (Wildman–Crippen MR) is 64.7 cm³/mol. The zero-order valence-corrected chi connectivity index (χ0v) is 9.97. The summed E-state index contributed by atoms with van der Waals surface area (Å²) < 4.78 is 0. The van der Waals surface area contributed by atoms with Gasteiger partial charge in [-0.3, -0.25) is 0 Å². The topological polar surface area (TPSA) is 26.0 Å². The van der Waals surface area contributed by atoms with Crippen molar-refractivity contribution in [2.45, 2.75) is 32.7 Å². The molecule has 0 spiro atoms. The molecule has 1 atom stereocenters. The van der Waals surface area contributed by atoms with Gasteiger partial charge in [0, 0.05) is 5.54 Å². The Morgan fingerprint density at radius 3 is 2.14 bits per heavy atom. The fourth-order valence-corrected chi connectivity index (χ4v) is 1.78. The summed E-state index contributed by atoms with van der Waals surface area (Å²) in [4.78, 5) is 0. The zero-order valence-electron chi connectivity index (χ0n) is 9.16. The van der Waals surface area contributed by atoms with Crippen LogP contribution >= 0.6 is 12.4 Å². The molecule has 0 fully saturated rings. The molecule has 2 heteroatoms. The van der Waals surface area contributed by atoms with Crippen LogP contribution in [0.4, 0.5) is 0 Å². The second kappa shape index (κ2) is 5.38. The van der Waals surface area contributed by atoms with E-state index < -0.39 is 0 Å². The van der Waals surface area contributed by atoms with Crippen LogP contribution in [0.25, 0.3) is 0 Å². The van der Waals surface area contributed by atoms with Crippen LogP contribution in [-0.2, 0) is 5.54 Å². The molecule has 0 saturated heterocycles. The molecule has 1 rings (SSSR count). The number of halogens is 1. The lowest BCUT2D eigenvalue weighted by Gasteiger charge is -2.27. The monoisotopic (exact) mass is 213 g/mol. The summed E-state index contributed by atoms with van der Waals surface area (Å²) in [6.45, 7) is 6.50. The first-order chi connectivity index (χ1) is 6.02. The highest BCUT2D eigenvalue weighted by atomic mass is 35.5. The van der Waals surface area contributed by atoms with Crippen molar-refractivity contribution in [3.05, 3.63) is 35.9 Å². The third-order valence-electron chi connectivity index (χ3n) is 2.27. The van der Waals surface area contributed by atoms with Crippen LogP contribution in [0.1, 0.15) is 32.8 Å². The molecule has 0 amide bonds.